The molecule has 2 fully saturated rings. The summed E-state index contributed by atoms with van der Waals surface area (Å²) in [5.74, 6) is -1.37. The molecule has 5 nitrogen and oxygen atoms in total. The molecule has 2 amide bonds. The topological polar surface area (TPSA) is 49.9 Å². The van der Waals surface area contributed by atoms with Gasteiger partial charge in [-0.2, -0.15) is 0 Å². The third kappa shape index (κ3) is 2.95. The van der Waals surface area contributed by atoms with E-state index in [4.69, 9.17) is 28.0 Å². The summed E-state index contributed by atoms with van der Waals surface area (Å²) in [6.07, 6.45) is -0.899. The normalized spacial score (nSPS) is 23.7. The number of fused-ring (bicyclic) bond motifs is 1. The molecule has 0 aliphatic carbocycles. The van der Waals surface area contributed by atoms with Crippen molar-refractivity contribution >= 4 is 57.7 Å². The Morgan fingerprint density at radius 2 is 1.66 bits per heavy atom. The fourth-order valence-electron chi connectivity index (χ4n) is 3.84. The summed E-state index contributed by atoms with van der Waals surface area (Å²) in [6.45, 7) is 0. The van der Waals surface area contributed by atoms with Gasteiger partial charge in [-0.05, 0) is 41.8 Å². The van der Waals surface area contributed by atoms with Crippen LogP contribution in [0.1, 0.15) is 10.9 Å². The highest BCUT2D eigenvalue weighted by Crippen LogP contribution is 2.48. The van der Waals surface area contributed by atoms with Crippen LogP contribution in [0.25, 0.3) is 0 Å². The fourth-order valence-corrected chi connectivity index (χ4v) is 4.99. The number of carbonyl (C=O) groups is 2. The number of para-hydroxylation sites is 1. The number of rotatable bonds is 3. The Bertz CT molecular complexity index is 1090. The van der Waals surface area contributed by atoms with Gasteiger partial charge < -0.3 is 0 Å². The lowest BCUT2D eigenvalue weighted by Crippen LogP contribution is -2.37. The number of carbonyl (C=O) groups excluding carboxylic acids is 2. The summed E-state index contributed by atoms with van der Waals surface area (Å²) in [4.78, 5) is 34.7. The second-order valence-corrected chi connectivity index (χ2v) is 8.58. The summed E-state index contributed by atoms with van der Waals surface area (Å²) >= 11 is 13.6. The van der Waals surface area contributed by atoms with Gasteiger partial charge in [-0.3, -0.25) is 14.4 Å². The first-order chi connectivity index (χ1) is 14.1. The lowest BCUT2D eigenvalue weighted by molar-refractivity contribution is -0.126. The first kappa shape index (κ1) is 18.6. The standard InChI is InChI=1S/C21H14Cl2N2O3S/c22-14-9-8-13(11-15(14)23)24-20(26)17-18(16-7-4-10-29-16)25(28-19(17)21(24)27)12-5-2-1-3-6-12/h1-11,17-19H/t17-,18+,19-/m0/s1. The van der Waals surface area contributed by atoms with Gasteiger partial charge in [-0.25, -0.2) is 9.96 Å². The van der Waals surface area contributed by atoms with Gasteiger partial charge in [-0.1, -0.05) is 47.5 Å². The van der Waals surface area contributed by atoms with Crippen molar-refractivity contribution in [1.82, 2.24) is 0 Å². The molecular formula is C21H14Cl2N2O3S. The van der Waals surface area contributed by atoms with Gasteiger partial charge in [-0.15, -0.1) is 11.3 Å². The van der Waals surface area contributed by atoms with Crippen LogP contribution in [0.4, 0.5) is 11.4 Å². The molecule has 1 aromatic heterocycles. The minimum Gasteiger partial charge on any atom is -0.273 e. The Hall–Kier alpha value is -2.38. The molecule has 146 valence electrons. The highest BCUT2D eigenvalue weighted by Gasteiger charge is 2.60. The van der Waals surface area contributed by atoms with E-state index in [0.717, 1.165) is 15.5 Å². The van der Waals surface area contributed by atoms with Crippen LogP contribution in [0.5, 0.6) is 0 Å². The first-order valence-corrected chi connectivity index (χ1v) is 10.6. The van der Waals surface area contributed by atoms with Crippen molar-refractivity contribution < 1.29 is 14.4 Å². The summed E-state index contributed by atoms with van der Waals surface area (Å²) in [5, 5.41) is 4.27. The molecule has 0 unspecified atom stereocenters. The molecule has 3 aromatic rings. The molecule has 2 aromatic carbocycles. The number of amides is 2. The summed E-state index contributed by atoms with van der Waals surface area (Å²) in [6, 6.07) is 17.7. The second-order valence-electron chi connectivity index (χ2n) is 6.78. The van der Waals surface area contributed by atoms with E-state index in [1.165, 1.54) is 17.4 Å². The van der Waals surface area contributed by atoms with Crippen LogP contribution in [0.2, 0.25) is 10.0 Å². The Balaban J connectivity index is 1.57. The molecule has 8 heteroatoms. The average Bonchev–Trinajstić information content (AvgIpc) is 3.43. The number of nitrogens with zero attached hydrogens (tertiary/aromatic N) is 2. The molecule has 2 saturated heterocycles. The van der Waals surface area contributed by atoms with Gasteiger partial charge >= 0.3 is 0 Å². The van der Waals surface area contributed by atoms with Crippen molar-refractivity contribution in [1.29, 1.82) is 0 Å². The van der Waals surface area contributed by atoms with E-state index in [1.54, 1.807) is 17.2 Å². The molecule has 2 aliphatic heterocycles. The van der Waals surface area contributed by atoms with E-state index in [2.05, 4.69) is 0 Å². The summed E-state index contributed by atoms with van der Waals surface area (Å²) in [7, 11) is 0. The highest BCUT2D eigenvalue weighted by molar-refractivity contribution is 7.10. The van der Waals surface area contributed by atoms with Gasteiger partial charge in [0, 0.05) is 4.88 Å². The molecule has 5 rings (SSSR count). The zero-order valence-electron chi connectivity index (χ0n) is 14.9. The van der Waals surface area contributed by atoms with E-state index in [9.17, 15) is 9.59 Å². The van der Waals surface area contributed by atoms with Crippen LogP contribution in [-0.2, 0) is 14.4 Å². The van der Waals surface area contributed by atoms with E-state index >= 15 is 0 Å². The smallest absolute Gasteiger partial charge is 0.266 e. The average molecular weight is 445 g/mol. The van der Waals surface area contributed by atoms with Gasteiger partial charge in [0.15, 0.2) is 6.10 Å². The number of thiophene rings is 1. The summed E-state index contributed by atoms with van der Waals surface area (Å²) in [5.41, 5.74) is 1.19. The number of benzene rings is 2. The Kier molecular flexibility index (Phi) is 4.59. The molecule has 3 atom stereocenters. The van der Waals surface area contributed by atoms with Crippen molar-refractivity contribution in [2.24, 2.45) is 5.92 Å². The van der Waals surface area contributed by atoms with Crippen LogP contribution < -0.4 is 9.96 Å². The lowest BCUT2D eigenvalue weighted by atomic mass is 9.95. The minimum atomic E-state index is -0.899. The van der Waals surface area contributed by atoms with Gasteiger partial charge in [0.25, 0.3) is 5.91 Å². The molecule has 0 spiro atoms. The maximum atomic E-state index is 13.4. The van der Waals surface area contributed by atoms with Crippen molar-refractivity contribution in [3.8, 4) is 0 Å². The quantitative estimate of drug-likeness (QED) is 0.526. The Morgan fingerprint density at radius 1 is 0.862 bits per heavy atom. The highest BCUT2D eigenvalue weighted by atomic mass is 35.5. The largest absolute Gasteiger partial charge is 0.273 e. The van der Waals surface area contributed by atoms with Crippen molar-refractivity contribution in [2.45, 2.75) is 12.1 Å². The summed E-state index contributed by atoms with van der Waals surface area (Å²) < 4.78 is 0. The molecule has 2 aliphatic rings. The zero-order chi connectivity index (χ0) is 20.1. The molecular weight excluding hydrogens is 431 g/mol. The van der Waals surface area contributed by atoms with Crippen molar-refractivity contribution in [3.63, 3.8) is 0 Å². The zero-order valence-corrected chi connectivity index (χ0v) is 17.2. The molecule has 29 heavy (non-hydrogen) atoms. The third-order valence-corrected chi connectivity index (χ3v) is 6.80. The molecule has 3 heterocycles. The van der Waals surface area contributed by atoms with Crippen LogP contribution in [0.3, 0.4) is 0 Å². The van der Waals surface area contributed by atoms with Crippen molar-refractivity contribution in [2.75, 3.05) is 9.96 Å². The third-order valence-electron chi connectivity index (χ3n) is 5.12. The minimum absolute atomic E-state index is 0.281. The van der Waals surface area contributed by atoms with Crippen LogP contribution in [-0.4, -0.2) is 17.9 Å². The monoisotopic (exact) mass is 444 g/mol. The van der Waals surface area contributed by atoms with E-state index in [1.807, 2.05) is 47.8 Å². The predicted molar refractivity (Wildman–Crippen MR) is 113 cm³/mol. The number of hydroxylamine groups is 1. The van der Waals surface area contributed by atoms with E-state index in [0.29, 0.717) is 10.7 Å². The lowest BCUT2D eigenvalue weighted by Gasteiger charge is -2.27. The molecule has 0 N–H and O–H groups in total. The number of imide groups is 1. The second kappa shape index (κ2) is 7.15. The maximum Gasteiger partial charge on any atom is 0.266 e. The molecule has 0 saturated carbocycles. The first-order valence-electron chi connectivity index (χ1n) is 8.93. The predicted octanol–water partition coefficient (Wildman–Crippen LogP) is 5.11. The Morgan fingerprint density at radius 3 is 2.34 bits per heavy atom. The molecule has 0 bridgehead atoms. The number of halogens is 2. The number of anilines is 2. The Labute approximate surface area is 181 Å². The number of hydrogen-bond donors (Lipinski definition) is 0. The van der Waals surface area contributed by atoms with E-state index in [-0.39, 0.29) is 10.9 Å². The fraction of sp³-hybridized carbons (Fsp3) is 0.143. The van der Waals surface area contributed by atoms with Crippen LogP contribution >= 0.6 is 34.5 Å². The number of hydrogen-bond acceptors (Lipinski definition) is 5. The van der Waals surface area contributed by atoms with Crippen LogP contribution in [0, 0.1) is 5.92 Å². The van der Waals surface area contributed by atoms with Crippen molar-refractivity contribution in [3.05, 3.63) is 81.0 Å². The molecule has 0 radical (unpaired) electrons. The van der Waals surface area contributed by atoms with Crippen LogP contribution in [0.15, 0.2) is 66.0 Å². The SMILES string of the molecule is O=C1[C@@H]2[C@H](ON(c3ccccc3)[C@@H]2c2cccs2)C(=O)N1c1ccc(Cl)c(Cl)c1. The van der Waals surface area contributed by atoms with E-state index < -0.39 is 24.0 Å². The van der Waals surface area contributed by atoms with Gasteiger partial charge in [0.05, 0.1) is 21.4 Å². The maximum absolute atomic E-state index is 13.4. The van der Waals surface area contributed by atoms with Gasteiger partial charge in [0.1, 0.15) is 12.0 Å². The van der Waals surface area contributed by atoms with Gasteiger partial charge in [0.2, 0.25) is 5.91 Å².